The van der Waals surface area contributed by atoms with Crippen LogP contribution in [0, 0.1) is 5.92 Å². The molecule has 100 valence electrons. The second-order valence-electron chi connectivity index (χ2n) is 4.52. The number of hydrogen-bond acceptors (Lipinski definition) is 3. The van der Waals surface area contributed by atoms with Crippen molar-refractivity contribution in [3.05, 3.63) is 12.2 Å². The molecule has 5 heteroatoms. The number of carbonyl (C=O) groups is 3. The third kappa shape index (κ3) is 3.98. The first-order valence-electron chi connectivity index (χ1n) is 6.27. The van der Waals surface area contributed by atoms with Gasteiger partial charge in [-0.2, -0.15) is 0 Å². The fourth-order valence-corrected chi connectivity index (χ4v) is 2.04. The molecule has 0 radical (unpaired) electrons. The summed E-state index contributed by atoms with van der Waals surface area (Å²) in [6.07, 6.45) is 8.48. The highest BCUT2D eigenvalue weighted by Gasteiger charge is 2.19. The largest absolute Gasteiger partial charge is 0.359 e. The molecule has 2 aliphatic rings. The summed E-state index contributed by atoms with van der Waals surface area (Å²) >= 11 is 0. The van der Waals surface area contributed by atoms with E-state index in [0.29, 0.717) is 5.92 Å². The van der Waals surface area contributed by atoms with Gasteiger partial charge in [-0.05, 0) is 12.8 Å². The lowest BCUT2D eigenvalue weighted by atomic mass is 9.89. The molecule has 1 aliphatic heterocycles. The Morgan fingerprint density at radius 1 is 1.17 bits per heavy atom. The molecule has 2 rings (SSSR count). The Morgan fingerprint density at radius 3 is 2.00 bits per heavy atom. The van der Waals surface area contributed by atoms with Crippen LogP contribution >= 0.6 is 0 Å². The summed E-state index contributed by atoms with van der Waals surface area (Å²) in [5.41, 5.74) is 0. The molecule has 1 fully saturated rings. The first kappa shape index (κ1) is 14.4. The van der Waals surface area contributed by atoms with Crippen molar-refractivity contribution in [2.24, 2.45) is 5.92 Å². The van der Waals surface area contributed by atoms with E-state index in [4.69, 9.17) is 0 Å². The summed E-state index contributed by atoms with van der Waals surface area (Å²) in [6.45, 7) is 0. The van der Waals surface area contributed by atoms with Gasteiger partial charge in [0.25, 0.3) is 11.8 Å². The number of nitrogens with one attached hydrogen (secondary N) is 1. The zero-order valence-corrected chi connectivity index (χ0v) is 10.9. The third-order valence-electron chi connectivity index (χ3n) is 3.25. The summed E-state index contributed by atoms with van der Waals surface area (Å²) in [4.78, 5) is 32.9. The van der Waals surface area contributed by atoms with Gasteiger partial charge in [-0.25, -0.2) is 0 Å². The van der Waals surface area contributed by atoms with Crippen molar-refractivity contribution in [1.82, 2.24) is 10.2 Å². The van der Waals surface area contributed by atoms with Crippen molar-refractivity contribution in [3.63, 3.8) is 0 Å². The lowest BCUT2D eigenvalue weighted by Gasteiger charge is -2.19. The van der Waals surface area contributed by atoms with E-state index in [1.54, 1.807) is 7.05 Å². The molecule has 0 spiro atoms. The van der Waals surface area contributed by atoms with E-state index in [9.17, 15) is 14.4 Å². The van der Waals surface area contributed by atoms with Gasteiger partial charge in [0.1, 0.15) is 0 Å². The molecular weight excluding hydrogens is 232 g/mol. The van der Waals surface area contributed by atoms with Gasteiger partial charge in [0, 0.05) is 32.2 Å². The molecule has 0 aromatic carbocycles. The van der Waals surface area contributed by atoms with Crippen LogP contribution in [0.4, 0.5) is 0 Å². The standard InChI is InChI=1S/C8H15NO.C5H5NO2/c1-9-8(10)7-5-3-2-4-6-7;1-6-4(7)2-3-5(6)8/h7H,2-6H2,1H3,(H,9,10);2-3H,1H3. The van der Waals surface area contributed by atoms with E-state index in [2.05, 4.69) is 5.32 Å². The van der Waals surface area contributed by atoms with Crippen LogP contribution in [0.2, 0.25) is 0 Å². The zero-order valence-electron chi connectivity index (χ0n) is 10.9. The summed E-state index contributed by atoms with van der Waals surface area (Å²) < 4.78 is 0. The molecule has 3 amide bonds. The Balaban J connectivity index is 0.000000184. The van der Waals surface area contributed by atoms with Crippen LogP contribution in [-0.2, 0) is 14.4 Å². The van der Waals surface area contributed by atoms with Crippen LogP contribution in [-0.4, -0.2) is 36.7 Å². The number of hydrogen-bond donors (Lipinski definition) is 1. The lowest BCUT2D eigenvalue weighted by molar-refractivity contribution is -0.135. The number of carbonyl (C=O) groups excluding carboxylic acids is 3. The van der Waals surface area contributed by atoms with Gasteiger partial charge in [0.05, 0.1) is 0 Å². The van der Waals surface area contributed by atoms with E-state index in [-0.39, 0.29) is 17.7 Å². The fourth-order valence-electron chi connectivity index (χ4n) is 2.04. The van der Waals surface area contributed by atoms with Crippen molar-refractivity contribution in [3.8, 4) is 0 Å². The maximum absolute atomic E-state index is 11.1. The van der Waals surface area contributed by atoms with Gasteiger partial charge in [-0.15, -0.1) is 0 Å². The van der Waals surface area contributed by atoms with E-state index < -0.39 is 0 Å². The van der Waals surface area contributed by atoms with Gasteiger partial charge in [-0.1, -0.05) is 19.3 Å². The van der Waals surface area contributed by atoms with Crippen LogP contribution in [0.1, 0.15) is 32.1 Å². The maximum Gasteiger partial charge on any atom is 0.253 e. The highest BCUT2D eigenvalue weighted by molar-refractivity contribution is 6.12. The highest BCUT2D eigenvalue weighted by atomic mass is 16.2. The van der Waals surface area contributed by atoms with Crippen molar-refractivity contribution in [2.75, 3.05) is 14.1 Å². The Labute approximate surface area is 107 Å². The van der Waals surface area contributed by atoms with Gasteiger partial charge >= 0.3 is 0 Å². The number of rotatable bonds is 1. The molecule has 1 saturated carbocycles. The molecule has 1 heterocycles. The summed E-state index contributed by atoms with van der Waals surface area (Å²) in [5, 5.41) is 2.70. The molecule has 18 heavy (non-hydrogen) atoms. The smallest absolute Gasteiger partial charge is 0.253 e. The number of likely N-dealkylation sites (N-methyl/N-ethyl adjacent to an activating group) is 1. The number of amides is 3. The van der Waals surface area contributed by atoms with Gasteiger partial charge in [-0.3, -0.25) is 19.3 Å². The second kappa shape index (κ2) is 6.93. The van der Waals surface area contributed by atoms with Crippen LogP contribution in [0.15, 0.2) is 12.2 Å². The minimum Gasteiger partial charge on any atom is -0.359 e. The predicted molar refractivity (Wildman–Crippen MR) is 67.6 cm³/mol. The van der Waals surface area contributed by atoms with Crippen molar-refractivity contribution in [2.45, 2.75) is 32.1 Å². The Hall–Kier alpha value is -1.65. The predicted octanol–water partition coefficient (Wildman–Crippen LogP) is 0.854. The lowest BCUT2D eigenvalue weighted by Crippen LogP contribution is -2.28. The second-order valence-corrected chi connectivity index (χ2v) is 4.52. The Kier molecular flexibility index (Phi) is 5.55. The van der Waals surface area contributed by atoms with Crippen LogP contribution < -0.4 is 5.32 Å². The number of nitrogens with zero attached hydrogens (tertiary/aromatic N) is 1. The first-order valence-corrected chi connectivity index (χ1v) is 6.27. The van der Waals surface area contributed by atoms with Crippen LogP contribution in [0.3, 0.4) is 0 Å². The molecule has 0 atom stereocenters. The van der Waals surface area contributed by atoms with E-state index >= 15 is 0 Å². The van der Waals surface area contributed by atoms with E-state index in [1.165, 1.54) is 38.5 Å². The average Bonchev–Trinajstić information content (AvgIpc) is 2.71. The summed E-state index contributed by atoms with van der Waals surface area (Å²) in [7, 11) is 3.17. The summed E-state index contributed by atoms with van der Waals surface area (Å²) in [5.74, 6) is 0.0726. The molecule has 0 bridgehead atoms. The third-order valence-corrected chi connectivity index (χ3v) is 3.25. The SMILES string of the molecule is CN1C(=O)C=CC1=O.CNC(=O)C1CCCCC1. The zero-order chi connectivity index (χ0) is 13.5. The van der Waals surface area contributed by atoms with E-state index in [1.807, 2.05) is 0 Å². The van der Waals surface area contributed by atoms with Crippen LogP contribution in [0.5, 0.6) is 0 Å². The number of imide groups is 1. The topological polar surface area (TPSA) is 66.5 Å². The Morgan fingerprint density at radius 2 is 1.67 bits per heavy atom. The summed E-state index contributed by atoms with van der Waals surface area (Å²) in [6, 6.07) is 0. The van der Waals surface area contributed by atoms with Crippen molar-refractivity contribution >= 4 is 17.7 Å². The highest BCUT2D eigenvalue weighted by Crippen LogP contribution is 2.23. The quantitative estimate of drug-likeness (QED) is 0.704. The molecule has 0 unspecified atom stereocenters. The molecule has 0 aromatic heterocycles. The monoisotopic (exact) mass is 252 g/mol. The van der Waals surface area contributed by atoms with Gasteiger partial charge in [0.2, 0.25) is 5.91 Å². The van der Waals surface area contributed by atoms with Gasteiger partial charge < -0.3 is 5.32 Å². The first-order chi connectivity index (χ1) is 8.56. The normalized spacial score (nSPS) is 19.6. The molecule has 0 aromatic rings. The average molecular weight is 252 g/mol. The van der Waals surface area contributed by atoms with Crippen LogP contribution in [0.25, 0.3) is 0 Å². The molecule has 1 N–H and O–H groups in total. The maximum atomic E-state index is 11.1. The van der Waals surface area contributed by atoms with Gasteiger partial charge in [0.15, 0.2) is 0 Å². The minimum atomic E-state index is -0.241. The Bertz CT molecular complexity index is 339. The molecule has 5 nitrogen and oxygen atoms in total. The molecular formula is C13H20N2O3. The minimum absolute atomic E-state index is 0.236. The molecule has 1 aliphatic carbocycles. The fraction of sp³-hybridized carbons (Fsp3) is 0.615. The van der Waals surface area contributed by atoms with E-state index in [0.717, 1.165) is 17.7 Å². The van der Waals surface area contributed by atoms with Crippen molar-refractivity contribution < 1.29 is 14.4 Å². The molecule has 0 saturated heterocycles. The van der Waals surface area contributed by atoms with Crippen molar-refractivity contribution in [1.29, 1.82) is 0 Å².